The van der Waals surface area contributed by atoms with Crippen LogP contribution in [0.3, 0.4) is 0 Å². The van der Waals surface area contributed by atoms with Crippen molar-refractivity contribution in [3.05, 3.63) is 0 Å². The molecule has 0 saturated heterocycles. The fourth-order valence-electron chi connectivity index (χ4n) is 0.278. The van der Waals surface area contributed by atoms with E-state index in [0.29, 0.717) is 19.4 Å². The Hall–Kier alpha value is -0.180. The first-order valence-corrected chi connectivity index (χ1v) is 4.37. The number of hydrogen-bond donors (Lipinski definition) is 0. The zero-order valence-electron chi connectivity index (χ0n) is 4.70. The second-order valence-electron chi connectivity index (χ2n) is 1.29. The molecule has 0 aromatic heterocycles. The molecule has 0 fully saturated rings. The molecule has 9 heavy (non-hydrogen) atoms. The second kappa shape index (κ2) is 5.95. The van der Waals surface area contributed by atoms with Gasteiger partial charge in [0, 0.05) is 13.0 Å². The minimum atomic E-state index is -1.60. The highest BCUT2D eigenvalue weighted by Crippen LogP contribution is 1.86. The van der Waals surface area contributed by atoms with E-state index in [1.807, 2.05) is 6.07 Å². The van der Waals surface area contributed by atoms with Crippen LogP contribution in [-0.2, 0) is 29.2 Å². The van der Waals surface area contributed by atoms with E-state index in [0.717, 1.165) is 0 Å². The first-order valence-electron chi connectivity index (χ1n) is 2.37. The third-order valence-electron chi connectivity index (χ3n) is 0.612. The van der Waals surface area contributed by atoms with E-state index in [4.69, 9.17) is 5.26 Å². The molecule has 0 aliphatic carbocycles. The lowest BCUT2D eigenvalue weighted by atomic mass is 10.4. The van der Waals surface area contributed by atoms with Crippen molar-refractivity contribution in [1.82, 2.24) is 0 Å². The van der Waals surface area contributed by atoms with Gasteiger partial charge >= 0.3 is 0 Å². The Labute approximate surface area is 60.5 Å². The van der Waals surface area contributed by atoms with E-state index < -0.39 is 9.64 Å². The third-order valence-corrected chi connectivity index (χ3v) is 1.26. The van der Waals surface area contributed by atoms with E-state index >= 15 is 0 Å². The van der Waals surface area contributed by atoms with Crippen LogP contribution in [0.5, 0.6) is 0 Å². The molecule has 0 bridgehead atoms. The van der Waals surface area contributed by atoms with Gasteiger partial charge in [0.2, 0.25) is 0 Å². The minimum Gasteiger partial charge on any atom is -0.444 e. The Kier molecular flexibility index (Phi) is 5.83. The molecule has 0 radical (unpaired) electrons. The Morgan fingerprint density at radius 1 is 1.78 bits per heavy atom. The first-order chi connectivity index (χ1) is 4.27. The van der Waals surface area contributed by atoms with E-state index in [2.05, 4.69) is 15.4 Å². The summed E-state index contributed by atoms with van der Waals surface area (Å²) in [5.41, 5.74) is 0. The lowest BCUT2D eigenvalue weighted by molar-refractivity contribution is 0.345. The molecule has 0 unspecified atom stereocenters. The SMILES string of the molecule is N#CCCCO[S-](=O)=S. The first kappa shape index (κ1) is 8.82. The molecule has 0 atom stereocenters. The minimum absolute atomic E-state index is 0.309. The molecule has 0 saturated carbocycles. The van der Waals surface area contributed by atoms with Crippen molar-refractivity contribution >= 4 is 20.8 Å². The maximum absolute atomic E-state index is 10.0. The molecule has 0 N–H and O–H groups in total. The van der Waals surface area contributed by atoms with Crippen LogP contribution in [0.25, 0.3) is 0 Å². The fraction of sp³-hybridized carbons (Fsp3) is 0.750. The van der Waals surface area contributed by atoms with Crippen molar-refractivity contribution in [3.63, 3.8) is 0 Å². The van der Waals surface area contributed by atoms with E-state index in [1.165, 1.54) is 0 Å². The molecule has 5 heteroatoms. The zero-order chi connectivity index (χ0) is 7.11. The average molecular weight is 164 g/mol. The lowest BCUT2D eigenvalue weighted by Gasteiger charge is -2.00. The monoisotopic (exact) mass is 164 g/mol. The van der Waals surface area contributed by atoms with Crippen molar-refractivity contribution in [2.75, 3.05) is 6.61 Å². The van der Waals surface area contributed by atoms with Crippen LogP contribution in [0.15, 0.2) is 0 Å². The molecule has 0 aliphatic heterocycles. The Bertz CT molecular complexity index is 162. The molecule has 0 aliphatic rings. The van der Waals surface area contributed by atoms with Gasteiger partial charge in [0.25, 0.3) is 0 Å². The summed E-state index contributed by atoms with van der Waals surface area (Å²) >= 11 is 4.20. The summed E-state index contributed by atoms with van der Waals surface area (Å²) in [5.74, 6) is 0. The van der Waals surface area contributed by atoms with E-state index in [-0.39, 0.29) is 0 Å². The Morgan fingerprint density at radius 2 is 2.44 bits per heavy atom. The summed E-state index contributed by atoms with van der Waals surface area (Å²) < 4.78 is 14.5. The van der Waals surface area contributed by atoms with Gasteiger partial charge in [0.05, 0.1) is 6.07 Å². The molecular formula is C4H6NO2S2-. The van der Waals surface area contributed by atoms with Gasteiger partial charge in [0.15, 0.2) is 0 Å². The van der Waals surface area contributed by atoms with Gasteiger partial charge in [-0.2, -0.15) is 5.26 Å². The van der Waals surface area contributed by atoms with Crippen molar-refractivity contribution in [2.24, 2.45) is 0 Å². The fourth-order valence-corrected chi connectivity index (χ4v) is 0.736. The molecule has 0 spiro atoms. The maximum Gasteiger partial charge on any atom is 0.0622 e. The number of hydrogen-bond acceptors (Lipinski definition) is 5. The van der Waals surface area contributed by atoms with Crippen LogP contribution < -0.4 is 0 Å². The molecule has 52 valence electrons. The van der Waals surface area contributed by atoms with Crippen LogP contribution in [0, 0.1) is 11.3 Å². The zero-order valence-corrected chi connectivity index (χ0v) is 6.33. The quantitative estimate of drug-likeness (QED) is 0.452. The predicted molar refractivity (Wildman–Crippen MR) is 36.2 cm³/mol. The average Bonchev–Trinajstić information content (AvgIpc) is 1.80. The topological polar surface area (TPSA) is 50.1 Å². The van der Waals surface area contributed by atoms with Gasteiger partial charge in [-0.3, -0.25) is 0 Å². The van der Waals surface area contributed by atoms with Crippen LogP contribution in [0.1, 0.15) is 12.8 Å². The van der Waals surface area contributed by atoms with Gasteiger partial charge in [-0.1, -0.05) is 9.64 Å². The highest BCUT2D eigenvalue weighted by atomic mass is 32.8. The van der Waals surface area contributed by atoms with Crippen LogP contribution in [-0.4, -0.2) is 6.61 Å². The van der Waals surface area contributed by atoms with Gasteiger partial charge in [-0.25, -0.2) is 11.2 Å². The smallest absolute Gasteiger partial charge is 0.0622 e. The lowest BCUT2D eigenvalue weighted by Crippen LogP contribution is -1.89. The summed E-state index contributed by atoms with van der Waals surface area (Å²) in [7, 11) is -1.60. The normalized spacial score (nSPS) is 9.33. The van der Waals surface area contributed by atoms with Gasteiger partial charge in [-0.15, -0.1) is 0 Å². The standard InChI is InChI=1S/C4H6NO2S2/c5-3-1-2-4-7-9(6)8/h1-2,4H2/q-1. The van der Waals surface area contributed by atoms with Gasteiger partial charge in [0.1, 0.15) is 0 Å². The highest BCUT2D eigenvalue weighted by Gasteiger charge is 1.79. The largest absolute Gasteiger partial charge is 0.444 e. The molecule has 0 heterocycles. The second-order valence-corrected chi connectivity index (χ2v) is 2.75. The van der Waals surface area contributed by atoms with Crippen molar-refractivity contribution in [1.29, 1.82) is 5.26 Å². The van der Waals surface area contributed by atoms with Crippen LogP contribution in [0.4, 0.5) is 0 Å². The molecule has 0 rings (SSSR count). The summed E-state index contributed by atoms with van der Waals surface area (Å²) in [5, 5.41) is 8.02. The molecule has 0 aromatic carbocycles. The van der Waals surface area contributed by atoms with Crippen molar-refractivity contribution < 1.29 is 8.39 Å². The molecular weight excluding hydrogens is 158 g/mol. The Balaban J connectivity index is 3.03. The van der Waals surface area contributed by atoms with E-state index in [9.17, 15) is 4.21 Å². The number of unbranched alkanes of at least 4 members (excludes halogenated alkanes) is 1. The molecule has 0 amide bonds. The number of nitrogens with zero attached hydrogens (tertiary/aromatic N) is 1. The van der Waals surface area contributed by atoms with Gasteiger partial charge < -0.3 is 8.39 Å². The number of rotatable bonds is 4. The predicted octanol–water partition coefficient (Wildman–Crippen LogP) is 0.647. The summed E-state index contributed by atoms with van der Waals surface area (Å²) in [4.78, 5) is 0. The number of nitriles is 1. The van der Waals surface area contributed by atoms with Crippen LogP contribution >= 0.6 is 0 Å². The third kappa shape index (κ3) is 7.82. The van der Waals surface area contributed by atoms with Crippen LogP contribution in [0.2, 0.25) is 0 Å². The maximum atomic E-state index is 10.0. The van der Waals surface area contributed by atoms with Gasteiger partial charge in [-0.05, 0) is 6.42 Å². The summed E-state index contributed by atoms with van der Waals surface area (Å²) in [6.45, 7) is 0.309. The Morgan fingerprint density at radius 3 is 2.89 bits per heavy atom. The summed E-state index contributed by atoms with van der Waals surface area (Å²) in [6.07, 6.45) is 1.02. The highest BCUT2D eigenvalue weighted by molar-refractivity contribution is 8.19. The molecule has 3 nitrogen and oxygen atoms in total. The van der Waals surface area contributed by atoms with Crippen molar-refractivity contribution in [2.45, 2.75) is 12.8 Å². The summed E-state index contributed by atoms with van der Waals surface area (Å²) in [6, 6.07) is 1.93. The van der Waals surface area contributed by atoms with Crippen molar-refractivity contribution in [3.8, 4) is 6.07 Å². The van der Waals surface area contributed by atoms with E-state index in [1.54, 1.807) is 0 Å². The molecule has 0 aromatic rings.